The van der Waals surface area contributed by atoms with Gasteiger partial charge in [-0.3, -0.25) is 14.4 Å². The summed E-state index contributed by atoms with van der Waals surface area (Å²) in [6, 6.07) is 13.7. The highest BCUT2D eigenvalue weighted by molar-refractivity contribution is 6.30. The molecule has 1 saturated heterocycles. The fourth-order valence-electron chi connectivity index (χ4n) is 3.46. The van der Waals surface area contributed by atoms with Crippen LogP contribution in [0.2, 0.25) is 5.02 Å². The van der Waals surface area contributed by atoms with Crippen LogP contribution < -0.4 is 5.32 Å². The van der Waals surface area contributed by atoms with Crippen molar-refractivity contribution in [3.05, 3.63) is 71.0 Å². The summed E-state index contributed by atoms with van der Waals surface area (Å²) in [7, 11) is 0. The van der Waals surface area contributed by atoms with Crippen LogP contribution in [0.4, 0.5) is 0 Å². The van der Waals surface area contributed by atoms with Crippen molar-refractivity contribution >= 4 is 23.4 Å². The van der Waals surface area contributed by atoms with Crippen LogP contribution in [0.1, 0.15) is 17.5 Å². The third kappa shape index (κ3) is 4.79. The quantitative estimate of drug-likeness (QED) is 0.513. The average Bonchev–Trinajstić information content (AvgIpc) is 3.22. The Labute approximate surface area is 183 Å². The van der Waals surface area contributed by atoms with E-state index in [-0.39, 0.29) is 25.5 Å². The summed E-state index contributed by atoms with van der Waals surface area (Å²) in [5, 5.41) is 21.3. The van der Waals surface area contributed by atoms with Gasteiger partial charge in [0.25, 0.3) is 5.91 Å². The second kappa shape index (κ2) is 9.34. The van der Waals surface area contributed by atoms with E-state index in [0.717, 1.165) is 21.9 Å². The van der Waals surface area contributed by atoms with Crippen LogP contribution in [0.15, 0.2) is 54.9 Å². The summed E-state index contributed by atoms with van der Waals surface area (Å²) >= 11 is 6.11. The van der Waals surface area contributed by atoms with E-state index >= 15 is 0 Å². The summed E-state index contributed by atoms with van der Waals surface area (Å²) in [6.07, 6.45) is 0.795. The lowest BCUT2D eigenvalue weighted by molar-refractivity contribution is -0.187. The van der Waals surface area contributed by atoms with Gasteiger partial charge < -0.3 is 10.4 Å². The third-order valence-corrected chi connectivity index (χ3v) is 5.31. The van der Waals surface area contributed by atoms with Gasteiger partial charge in [0, 0.05) is 24.4 Å². The second-order valence-electron chi connectivity index (χ2n) is 7.21. The summed E-state index contributed by atoms with van der Waals surface area (Å²) in [5.41, 5.74) is 2.40. The number of halogens is 1. The number of aliphatic hydroxyl groups is 1. The van der Waals surface area contributed by atoms with Crippen molar-refractivity contribution in [1.82, 2.24) is 25.4 Å². The Morgan fingerprint density at radius 3 is 2.77 bits per heavy atom. The molecule has 2 heterocycles. The number of carbonyl (C=O) groups excluding carboxylic acids is 2. The van der Waals surface area contributed by atoms with Gasteiger partial charge in [0.05, 0.1) is 12.3 Å². The highest BCUT2D eigenvalue weighted by Gasteiger charge is 2.38. The lowest BCUT2D eigenvalue weighted by atomic mass is 10.1. The van der Waals surface area contributed by atoms with Crippen molar-refractivity contribution in [1.29, 1.82) is 0 Å². The van der Waals surface area contributed by atoms with Crippen molar-refractivity contribution in [2.24, 2.45) is 0 Å². The summed E-state index contributed by atoms with van der Waals surface area (Å²) in [6.45, 7) is 0.421. The predicted molar refractivity (Wildman–Crippen MR) is 112 cm³/mol. The van der Waals surface area contributed by atoms with E-state index in [9.17, 15) is 14.7 Å². The lowest BCUT2D eigenvalue weighted by Gasteiger charge is -2.24. The Balaban J connectivity index is 1.40. The first-order valence-electron chi connectivity index (χ1n) is 9.85. The molecule has 3 aromatic rings. The molecule has 0 radical (unpaired) electrons. The molecule has 10 heteroatoms. The molecule has 1 aliphatic heterocycles. The van der Waals surface area contributed by atoms with Gasteiger partial charge in [0.1, 0.15) is 18.5 Å². The SMILES string of the molecule is O=C(NCc1cc(Cl)ccc1-n1cn[nH]1)[C@@H]1CCON1C(=O)C(O)Cc1ccccc1. The topological polar surface area (TPSA) is 112 Å². The molecule has 2 aromatic carbocycles. The van der Waals surface area contributed by atoms with Gasteiger partial charge in [0.2, 0.25) is 5.91 Å². The smallest absolute Gasteiger partial charge is 0.276 e. The first-order valence-corrected chi connectivity index (χ1v) is 10.2. The zero-order valence-electron chi connectivity index (χ0n) is 16.6. The van der Waals surface area contributed by atoms with Gasteiger partial charge in [0.15, 0.2) is 0 Å². The maximum absolute atomic E-state index is 12.8. The van der Waals surface area contributed by atoms with Crippen LogP contribution in [0, 0.1) is 0 Å². The summed E-state index contributed by atoms with van der Waals surface area (Å²) in [4.78, 5) is 30.9. The minimum atomic E-state index is -1.30. The van der Waals surface area contributed by atoms with Crippen LogP contribution in [0.5, 0.6) is 0 Å². The molecule has 1 fully saturated rings. The molecule has 0 saturated carbocycles. The van der Waals surface area contributed by atoms with Crippen LogP contribution >= 0.6 is 11.6 Å². The van der Waals surface area contributed by atoms with Crippen LogP contribution in [0.25, 0.3) is 5.69 Å². The van der Waals surface area contributed by atoms with Gasteiger partial charge in [-0.05, 0) is 29.3 Å². The summed E-state index contributed by atoms with van der Waals surface area (Å²) in [5.74, 6) is -1.00. The van der Waals surface area contributed by atoms with Crippen LogP contribution in [-0.4, -0.2) is 55.7 Å². The van der Waals surface area contributed by atoms with Crippen molar-refractivity contribution in [2.45, 2.75) is 31.5 Å². The van der Waals surface area contributed by atoms with Gasteiger partial charge in [-0.25, -0.2) is 15.0 Å². The average molecular weight is 444 g/mol. The first-order chi connectivity index (χ1) is 15.0. The number of hydrogen-bond donors (Lipinski definition) is 3. The van der Waals surface area contributed by atoms with Crippen molar-refractivity contribution < 1.29 is 19.5 Å². The van der Waals surface area contributed by atoms with Gasteiger partial charge >= 0.3 is 0 Å². The molecule has 3 N–H and O–H groups in total. The molecule has 1 unspecified atom stereocenters. The standard InChI is InChI=1S/C21H22ClN5O4/c22-16-6-7-17(26-13-24-25-26)15(11-16)12-23-20(29)18-8-9-31-27(18)21(30)19(28)10-14-4-2-1-3-5-14/h1-7,11,13,18-19,25,28H,8-10,12H2,(H,23,29)/t18-,19?/m0/s1. The first kappa shape index (κ1) is 21.1. The van der Waals surface area contributed by atoms with E-state index in [2.05, 4.69) is 15.6 Å². The molecular weight excluding hydrogens is 422 g/mol. The number of carbonyl (C=O) groups is 2. The van der Waals surface area contributed by atoms with Gasteiger partial charge in [-0.15, -0.1) is 5.10 Å². The number of rotatable bonds is 7. The molecule has 9 nitrogen and oxygen atoms in total. The van der Waals surface area contributed by atoms with E-state index in [0.29, 0.717) is 11.4 Å². The molecule has 31 heavy (non-hydrogen) atoms. The van der Waals surface area contributed by atoms with E-state index in [1.54, 1.807) is 23.1 Å². The molecule has 2 amide bonds. The minimum absolute atomic E-state index is 0.143. The zero-order chi connectivity index (χ0) is 21.8. The Morgan fingerprint density at radius 1 is 1.29 bits per heavy atom. The number of nitrogens with one attached hydrogen (secondary N) is 2. The maximum atomic E-state index is 12.8. The van der Waals surface area contributed by atoms with Crippen LogP contribution in [0.3, 0.4) is 0 Å². The number of aliphatic hydroxyl groups excluding tert-OH is 1. The number of aromatic nitrogens is 3. The van der Waals surface area contributed by atoms with Crippen LogP contribution in [-0.2, 0) is 27.4 Å². The molecule has 0 spiro atoms. The molecule has 0 aliphatic carbocycles. The largest absolute Gasteiger partial charge is 0.383 e. The number of hydroxylamine groups is 2. The van der Waals surface area contributed by atoms with E-state index < -0.39 is 18.1 Å². The Kier molecular flexibility index (Phi) is 6.36. The number of hydrogen-bond acceptors (Lipinski definition) is 5. The Morgan fingerprint density at radius 2 is 2.06 bits per heavy atom. The van der Waals surface area contributed by atoms with Gasteiger partial charge in [-0.2, -0.15) is 0 Å². The molecule has 2 atom stereocenters. The highest BCUT2D eigenvalue weighted by Crippen LogP contribution is 2.21. The van der Waals surface area contributed by atoms with Gasteiger partial charge in [-0.1, -0.05) is 41.9 Å². The number of nitrogens with zero attached hydrogens (tertiary/aromatic N) is 3. The van der Waals surface area contributed by atoms with E-state index in [1.807, 2.05) is 36.4 Å². The molecule has 162 valence electrons. The Hall–Kier alpha value is -3.14. The molecular formula is C21H22ClN5O4. The normalized spacial score (nSPS) is 17.0. The second-order valence-corrected chi connectivity index (χ2v) is 7.65. The Bertz CT molecular complexity index is 1040. The maximum Gasteiger partial charge on any atom is 0.276 e. The van der Waals surface area contributed by atoms with E-state index in [4.69, 9.17) is 16.4 Å². The van der Waals surface area contributed by atoms with Crippen molar-refractivity contribution in [3.63, 3.8) is 0 Å². The van der Waals surface area contributed by atoms with Crippen molar-refractivity contribution in [3.8, 4) is 5.69 Å². The van der Waals surface area contributed by atoms with Crippen molar-refractivity contribution in [2.75, 3.05) is 6.61 Å². The van der Waals surface area contributed by atoms with E-state index in [1.165, 1.54) is 0 Å². The molecule has 4 rings (SSSR count). The number of H-pyrrole nitrogens is 1. The monoisotopic (exact) mass is 443 g/mol. The number of amides is 2. The molecule has 1 aromatic heterocycles. The lowest BCUT2D eigenvalue weighted by Crippen LogP contribution is -2.48. The number of aromatic amines is 1. The fraction of sp³-hybridized carbons (Fsp3) is 0.286. The fourth-order valence-corrected chi connectivity index (χ4v) is 3.65. The molecule has 0 bridgehead atoms. The third-order valence-electron chi connectivity index (χ3n) is 5.07. The minimum Gasteiger partial charge on any atom is -0.383 e. The highest BCUT2D eigenvalue weighted by atomic mass is 35.5. The zero-order valence-corrected chi connectivity index (χ0v) is 17.3. The molecule has 1 aliphatic rings. The number of benzene rings is 2. The predicted octanol–water partition coefficient (Wildman–Crippen LogP) is 1.61. The summed E-state index contributed by atoms with van der Waals surface area (Å²) < 4.78 is 1.70.